The summed E-state index contributed by atoms with van der Waals surface area (Å²) in [5, 5.41) is 16.7. The van der Waals surface area contributed by atoms with Gasteiger partial charge in [0.15, 0.2) is 0 Å². The van der Waals surface area contributed by atoms with E-state index in [1.807, 2.05) is 24.3 Å². The van der Waals surface area contributed by atoms with Crippen molar-refractivity contribution >= 4 is 28.7 Å². The molecule has 4 aliphatic rings. The van der Waals surface area contributed by atoms with Crippen molar-refractivity contribution in [2.24, 2.45) is 0 Å². The molecule has 3 saturated carbocycles. The Morgan fingerprint density at radius 2 is 1.61 bits per heavy atom. The van der Waals surface area contributed by atoms with Gasteiger partial charge < -0.3 is 25.0 Å². The number of nitrogens with one attached hydrogen (secondary N) is 2. The standard InChI is InChI=1S/C33H37N3O5/c37-29(34-32(14-6-15-32)30(38)35-33(31(39)40)16-7-17-33)22-12-13-23-25(20-22)36-18-19-41-26-11-5-4-10-24(26)28(36)27(23)21-8-2-1-3-9-21/h4-5,10-13,20-21H,1-3,6-9,14-19H2,(H,34,37)(H,35,38)(H,39,40). The quantitative estimate of drug-likeness (QED) is 0.371. The molecular formula is C33H37N3O5. The molecule has 214 valence electrons. The largest absolute Gasteiger partial charge is 0.491 e. The van der Waals surface area contributed by atoms with E-state index in [1.54, 1.807) is 0 Å². The van der Waals surface area contributed by atoms with Gasteiger partial charge in [-0.15, -0.1) is 0 Å². The van der Waals surface area contributed by atoms with Crippen molar-refractivity contribution in [1.29, 1.82) is 0 Å². The van der Waals surface area contributed by atoms with Crippen molar-refractivity contribution < 1.29 is 24.2 Å². The predicted octanol–water partition coefficient (Wildman–Crippen LogP) is 5.52. The SMILES string of the molecule is O=C(NC1(C(=O)NC2(C(=O)O)CCC2)CCC1)c1ccc2c(C3CCCCC3)c3n(c2c1)CCOc1ccccc1-3. The predicted molar refractivity (Wildman–Crippen MR) is 155 cm³/mol. The second kappa shape index (κ2) is 9.93. The Hall–Kier alpha value is -3.81. The molecule has 7 rings (SSSR count). The molecule has 0 atom stereocenters. The highest BCUT2D eigenvalue weighted by Gasteiger charge is 2.52. The minimum absolute atomic E-state index is 0.306. The average molecular weight is 556 g/mol. The number of aliphatic carboxylic acids is 1. The van der Waals surface area contributed by atoms with Gasteiger partial charge in [-0.25, -0.2) is 4.79 Å². The zero-order chi connectivity index (χ0) is 28.2. The van der Waals surface area contributed by atoms with Crippen LogP contribution >= 0.6 is 0 Å². The van der Waals surface area contributed by atoms with E-state index in [2.05, 4.69) is 33.4 Å². The van der Waals surface area contributed by atoms with Gasteiger partial charge in [0.05, 0.1) is 12.2 Å². The molecule has 0 saturated heterocycles. The van der Waals surface area contributed by atoms with Crippen LogP contribution in [0.25, 0.3) is 22.2 Å². The highest BCUT2D eigenvalue weighted by molar-refractivity contribution is 6.04. The number of amides is 2. The second-order valence-electron chi connectivity index (χ2n) is 12.4. The van der Waals surface area contributed by atoms with Crippen LogP contribution in [0.1, 0.15) is 92.5 Å². The summed E-state index contributed by atoms with van der Waals surface area (Å²) in [5.74, 6) is -0.336. The lowest BCUT2D eigenvalue weighted by Crippen LogP contribution is -2.69. The van der Waals surface area contributed by atoms with Crippen LogP contribution in [0.15, 0.2) is 42.5 Å². The molecule has 0 unspecified atom stereocenters. The van der Waals surface area contributed by atoms with E-state index in [4.69, 9.17) is 4.74 Å². The van der Waals surface area contributed by atoms with Crippen molar-refractivity contribution in [2.45, 2.75) is 94.2 Å². The summed E-state index contributed by atoms with van der Waals surface area (Å²) >= 11 is 0. The fourth-order valence-corrected chi connectivity index (χ4v) is 7.37. The maximum Gasteiger partial charge on any atom is 0.329 e. The van der Waals surface area contributed by atoms with Crippen molar-refractivity contribution in [2.75, 3.05) is 6.61 Å². The van der Waals surface area contributed by atoms with Crippen LogP contribution in [-0.2, 0) is 16.1 Å². The average Bonchev–Trinajstić information content (AvgIpc) is 3.13. The Balaban J connectivity index is 1.25. The number of para-hydroxylation sites is 1. The number of carboxylic acid groups (broad SMARTS) is 1. The fourth-order valence-electron chi connectivity index (χ4n) is 7.37. The molecule has 0 radical (unpaired) electrons. The molecule has 1 aromatic heterocycles. The number of carbonyl (C=O) groups is 3. The number of hydrogen-bond donors (Lipinski definition) is 3. The van der Waals surface area contributed by atoms with Gasteiger partial charge in [-0.05, 0) is 87.1 Å². The second-order valence-corrected chi connectivity index (χ2v) is 12.4. The van der Waals surface area contributed by atoms with Gasteiger partial charge in [-0.2, -0.15) is 0 Å². The van der Waals surface area contributed by atoms with Gasteiger partial charge in [0.2, 0.25) is 5.91 Å². The van der Waals surface area contributed by atoms with Crippen molar-refractivity contribution in [3.05, 3.63) is 53.6 Å². The summed E-state index contributed by atoms with van der Waals surface area (Å²) in [4.78, 5) is 38.9. The Labute approximate surface area is 239 Å². The molecule has 1 aliphatic heterocycles. The number of aromatic nitrogens is 1. The Bertz CT molecular complexity index is 1540. The Morgan fingerprint density at radius 3 is 2.29 bits per heavy atom. The third-order valence-electron chi connectivity index (χ3n) is 10.1. The first-order valence-electron chi connectivity index (χ1n) is 15.2. The molecule has 2 heterocycles. The molecule has 3 aromatic rings. The van der Waals surface area contributed by atoms with E-state index in [-0.39, 0.29) is 11.8 Å². The van der Waals surface area contributed by atoms with E-state index in [1.165, 1.54) is 35.9 Å². The van der Waals surface area contributed by atoms with E-state index in [0.717, 1.165) is 42.5 Å². The summed E-state index contributed by atoms with van der Waals surface area (Å²) in [5.41, 5.74) is 2.90. The minimum atomic E-state index is -1.21. The molecular weight excluding hydrogens is 518 g/mol. The number of carbonyl (C=O) groups excluding carboxylic acids is 2. The highest BCUT2D eigenvalue weighted by atomic mass is 16.5. The molecule has 8 nitrogen and oxygen atoms in total. The topological polar surface area (TPSA) is 110 Å². The number of carboxylic acids is 1. The molecule has 8 heteroatoms. The molecule has 0 bridgehead atoms. The number of benzene rings is 2. The zero-order valence-corrected chi connectivity index (χ0v) is 23.3. The normalized spacial score (nSPS) is 20.8. The monoisotopic (exact) mass is 555 g/mol. The van der Waals surface area contributed by atoms with Crippen molar-refractivity contribution in [3.63, 3.8) is 0 Å². The van der Waals surface area contributed by atoms with Gasteiger partial charge in [-0.3, -0.25) is 9.59 Å². The first kappa shape index (κ1) is 26.1. The summed E-state index contributed by atoms with van der Waals surface area (Å²) in [6.45, 7) is 1.23. The van der Waals surface area contributed by atoms with E-state index in [0.29, 0.717) is 50.3 Å². The molecule has 2 aromatic carbocycles. The molecule has 0 spiro atoms. The number of ether oxygens (including phenoxy) is 1. The summed E-state index contributed by atoms with van der Waals surface area (Å²) < 4.78 is 8.48. The van der Waals surface area contributed by atoms with Crippen molar-refractivity contribution in [3.8, 4) is 17.0 Å². The summed E-state index contributed by atoms with van der Waals surface area (Å²) in [7, 11) is 0. The van der Waals surface area contributed by atoms with Gasteiger partial charge in [0, 0.05) is 22.0 Å². The maximum atomic E-state index is 13.7. The van der Waals surface area contributed by atoms with Crippen LogP contribution in [-0.4, -0.2) is 45.1 Å². The minimum Gasteiger partial charge on any atom is -0.491 e. The van der Waals surface area contributed by atoms with Gasteiger partial charge in [-0.1, -0.05) is 37.5 Å². The Kier molecular flexibility index (Phi) is 6.32. The lowest BCUT2D eigenvalue weighted by molar-refractivity contribution is -0.153. The number of fused-ring (bicyclic) bond motifs is 5. The van der Waals surface area contributed by atoms with Crippen LogP contribution in [0, 0.1) is 0 Å². The van der Waals surface area contributed by atoms with E-state index < -0.39 is 17.0 Å². The maximum absolute atomic E-state index is 13.7. The smallest absolute Gasteiger partial charge is 0.329 e. The lowest BCUT2D eigenvalue weighted by atomic mass is 9.72. The van der Waals surface area contributed by atoms with Crippen LogP contribution < -0.4 is 15.4 Å². The third kappa shape index (κ3) is 4.21. The summed E-state index contributed by atoms with van der Waals surface area (Å²) in [6.07, 6.45) is 9.47. The summed E-state index contributed by atoms with van der Waals surface area (Å²) in [6, 6.07) is 14.2. The molecule has 3 fully saturated rings. The van der Waals surface area contributed by atoms with Crippen LogP contribution in [0.3, 0.4) is 0 Å². The zero-order valence-electron chi connectivity index (χ0n) is 23.3. The van der Waals surface area contributed by atoms with Crippen molar-refractivity contribution in [1.82, 2.24) is 15.2 Å². The van der Waals surface area contributed by atoms with E-state index >= 15 is 0 Å². The van der Waals surface area contributed by atoms with Gasteiger partial charge >= 0.3 is 5.97 Å². The molecule has 2 amide bonds. The van der Waals surface area contributed by atoms with E-state index in [9.17, 15) is 19.5 Å². The Morgan fingerprint density at radius 1 is 0.878 bits per heavy atom. The van der Waals surface area contributed by atoms with Crippen LogP contribution in [0.5, 0.6) is 5.75 Å². The molecule has 41 heavy (non-hydrogen) atoms. The van der Waals surface area contributed by atoms with Crippen LogP contribution in [0.4, 0.5) is 0 Å². The molecule has 3 N–H and O–H groups in total. The highest BCUT2D eigenvalue weighted by Crippen LogP contribution is 2.47. The van der Waals surface area contributed by atoms with Crippen LogP contribution in [0.2, 0.25) is 0 Å². The number of rotatable bonds is 6. The first-order valence-corrected chi connectivity index (χ1v) is 15.2. The lowest BCUT2D eigenvalue weighted by Gasteiger charge is -2.45. The van der Waals surface area contributed by atoms with Gasteiger partial charge in [0.1, 0.15) is 23.4 Å². The molecule has 3 aliphatic carbocycles. The third-order valence-corrected chi connectivity index (χ3v) is 10.1. The number of hydrogen-bond acceptors (Lipinski definition) is 4. The fraction of sp³-hybridized carbons (Fsp3) is 0.485. The van der Waals surface area contributed by atoms with Gasteiger partial charge in [0.25, 0.3) is 5.91 Å². The first-order chi connectivity index (χ1) is 19.9. The number of nitrogens with zero attached hydrogens (tertiary/aromatic N) is 1.